The molecular weight excluding hydrogens is 341 g/mol. The van der Waals surface area contributed by atoms with E-state index in [0.29, 0.717) is 16.8 Å². The monoisotopic (exact) mass is 365 g/mol. The van der Waals surface area contributed by atoms with Gasteiger partial charge in [-0.3, -0.25) is 4.79 Å². The zero-order valence-electron chi connectivity index (χ0n) is 15.5. The minimum absolute atomic E-state index is 0.294. The van der Waals surface area contributed by atoms with Gasteiger partial charge in [-0.05, 0) is 61.6 Å². The summed E-state index contributed by atoms with van der Waals surface area (Å²) in [5, 5.41) is 5.82. The molecule has 4 nitrogen and oxygen atoms in total. The van der Waals surface area contributed by atoms with E-state index in [2.05, 4.69) is 34.6 Å². The van der Waals surface area contributed by atoms with Crippen molar-refractivity contribution in [2.45, 2.75) is 26.2 Å². The molecule has 1 aliphatic carbocycles. The zero-order valence-corrected chi connectivity index (χ0v) is 15.5. The lowest BCUT2D eigenvalue weighted by Gasteiger charge is -2.24. The first kappa shape index (κ1) is 17.6. The molecule has 0 unspecified atom stereocenters. The predicted octanol–water partition coefficient (Wildman–Crippen LogP) is 4.86. The van der Waals surface area contributed by atoms with Gasteiger partial charge >= 0.3 is 0 Å². The van der Waals surface area contributed by atoms with Crippen molar-refractivity contribution >= 4 is 28.5 Å². The van der Waals surface area contributed by atoms with Gasteiger partial charge in [0.15, 0.2) is 0 Å². The molecule has 5 heteroatoms. The number of benzene rings is 2. The Kier molecular flexibility index (Phi) is 4.84. The Morgan fingerprint density at radius 1 is 1.22 bits per heavy atom. The number of carbonyl (C=O) groups is 1. The van der Waals surface area contributed by atoms with Crippen LogP contribution in [0.5, 0.6) is 0 Å². The second-order valence-electron chi connectivity index (χ2n) is 7.26. The molecule has 140 valence electrons. The van der Waals surface area contributed by atoms with E-state index in [1.54, 1.807) is 18.3 Å². The minimum atomic E-state index is -0.399. The van der Waals surface area contributed by atoms with Crippen LogP contribution in [0.1, 0.15) is 31.7 Å². The highest BCUT2D eigenvalue weighted by atomic mass is 19.1. The van der Waals surface area contributed by atoms with Gasteiger partial charge in [-0.2, -0.15) is 0 Å². The van der Waals surface area contributed by atoms with Gasteiger partial charge in [0, 0.05) is 36.2 Å². The van der Waals surface area contributed by atoms with Crippen LogP contribution in [0.2, 0.25) is 0 Å². The van der Waals surface area contributed by atoms with Crippen LogP contribution in [0.3, 0.4) is 0 Å². The maximum absolute atomic E-state index is 14.1. The highest BCUT2D eigenvalue weighted by molar-refractivity contribution is 6.31. The summed E-state index contributed by atoms with van der Waals surface area (Å²) in [4.78, 5) is 14.6. The number of anilines is 3. The fourth-order valence-corrected chi connectivity index (χ4v) is 3.47. The first-order valence-corrected chi connectivity index (χ1v) is 9.57. The van der Waals surface area contributed by atoms with Gasteiger partial charge in [-0.15, -0.1) is 0 Å². The number of carbonyl (C=O) groups excluding carboxylic acids is 1. The maximum atomic E-state index is 14.1. The molecule has 0 aromatic heterocycles. The first-order chi connectivity index (χ1) is 13.2. The normalized spacial score (nSPS) is 17.0. The van der Waals surface area contributed by atoms with Gasteiger partial charge in [0.05, 0.1) is 11.3 Å². The van der Waals surface area contributed by atoms with Crippen LogP contribution in [-0.2, 0) is 4.79 Å². The number of nitrogens with zero attached hydrogens (tertiary/aromatic N) is 1. The topological polar surface area (TPSA) is 44.4 Å². The van der Waals surface area contributed by atoms with E-state index in [1.165, 1.54) is 24.6 Å². The SMILES string of the molecule is CCCN(CC1CC1)c1ccc(N/C=C2/C(=O)Nc3cccc(F)c32)cc1. The highest BCUT2D eigenvalue weighted by Crippen LogP contribution is 2.34. The van der Waals surface area contributed by atoms with E-state index in [4.69, 9.17) is 0 Å². The standard InChI is InChI=1S/C22H24FN3O/c1-2-12-26(14-15-6-7-15)17-10-8-16(9-11-17)24-13-18-21-19(23)4-3-5-20(21)25-22(18)27/h3-5,8-11,13,15,24H,2,6-7,12,14H2,1H3,(H,25,27)/b18-13+. The largest absolute Gasteiger partial charge is 0.371 e. The van der Waals surface area contributed by atoms with Gasteiger partial charge in [0.1, 0.15) is 5.82 Å². The van der Waals surface area contributed by atoms with Gasteiger partial charge < -0.3 is 15.5 Å². The van der Waals surface area contributed by atoms with Crippen molar-refractivity contribution in [3.63, 3.8) is 0 Å². The number of halogens is 1. The van der Waals surface area contributed by atoms with Gasteiger partial charge in [0.2, 0.25) is 0 Å². The molecule has 0 spiro atoms. The van der Waals surface area contributed by atoms with Crippen molar-refractivity contribution < 1.29 is 9.18 Å². The number of hydrogen-bond donors (Lipinski definition) is 2. The van der Waals surface area contributed by atoms with Crippen LogP contribution in [0, 0.1) is 11.7 Å². The molecule has 1 saturated carbocycles. The van der Waals surface area contributed by atoms with Crippen LogP contribution in [0.15, 0.2) is 48.7 Å². The fraction of sp³-hybridized carbons (Fsp3) is 0.318. The molecule has 2 aromatic carbocycles. The number of fused-ring (bicyclic) bond motifs is 1. The maximum Gasteiger partial charge on any atom is 0.257 e. The molecule has 0 saturated heterocycles. The summed E-state index contributed by atoms with van der Waals surface area (Å²) in [6.07, 6.45) is 5.38. The number of hydrogen-bond acceptors (Lipinski definition) is 3. The van der Waals surface area contributed by atoms with E-state index in [-0.39, 0.29) is 5.91 Å². The van der Waals surface area contributed by atoms with Crippen molar-refractivity contribution in [3.05, 3.63) is 60.0 Å². The number of rotatable bonds is 7. The molecule has 1 aliphatic heterocycles. The van der Waals surface area contributed by atoms with Crippen molar-refractivity contribution in [2.24, 2.45) is 5.92 Å². The molecule has 4 rings (SSSR count). The van der Waals surface area contributed by atoms with Crippen molar-refractivity contribution in [2.75, 3.05) is 28.6 Å². The summed E-state index contributed by atoms with van der Waals surface area (Å²) >= 11 is 0. The third-order valence-corrected chi connectivity index (χ3v) is 5.06. The molecule has 0 atom stereocenters. The fourth-order valence-electron chi connectivity index (χ4n) is 3.47. The Bertz CT molecular complexity index is 872. The van der Waals surface area contributed by atoms with Gasteiger partial charge in [0.25, 0.3) is 5.91 Å². The predicted molar refractivity (Wildman–Crippen MR) is 108 cm³/mol. The Balaban J connectivity index is 1.49. The number of nitrogens with one attached hydrogen (secondary N) is 2. The van der Waals surface area contributed by atoms with Crippen LogP contribution < -0.4 is 15.5 Å². The van der Waals surface area contributed by atoms with Crippen LogP contribution >= 0.6 is 0 Å². The molecule has 2 N–H and O–H groups in total. The van der Waals surface area contributed by atoms with E-state index >= 15 is 0 Å². The molecule has 2 aliphatic rings. The van der Waals surface area contributed by atoms with Crippen molar-refractivity contribution in [3.8, 4) is 0 Å². The first-order valence-electron chi connectivity index (χ1n) is 9.57. The highest BCUT2D eigenvalue weighted by Gasteiger charge is 2.27. The average molecular weight is 365 g/mol. The minimum Gasteiger partial charge on any atom is -0.371 e. The summed E-state index contributed by atoms with van der Waals surface area (Å²) in [7, 11) is 0. The van der Waals surface area contributed by atoms with E-state index in [1.807, 2.05) is 12.1 Å². The second kappa shape index (κ2) is 7.43. The molecule has 1 fully saturated rings. The van der Waals surface area contributed by atoms with E-state index in [9.17, 15) is 9.18 Å². The lowest BCUT2D eigenvalue weighted by Crippen LogP contribution is -2.26. The van der Waals surface area contributed by atoms with Crippen LogP contribution in [0.25, 0.3) is 5.57 Å². The van der Waals surface area contributed by atoms with E-state index in [0.717, 1.165) is 31.1 Å². The molecular formula is C22H24FN3O. The van der Waals surface area contributed by atoms with Crippen LogP contribution in [-0.4, -0.2) is 19.0 Å². The third kappa shape index (κ3) is 3.82. The summed E-state index contributed by atoms with van der Waals surface area (Å²) in [6, 6.07) is 12.9. The smallest absolute Gasteiger partial charge is 0.257 e. The summed E-state index contributed by atoms with van der Waals surface area (Å²) in [5.41, 5.74) is 3.24. The average Bonchev–Trinajstić information content (AvgIpc) is 3.42. The molecule has 1 heterocycles. The van der Waals surface area contributed by atoms with Crippen molar-refractivity contribution in [1.82, 2.24) is 0 Å². The summed E-state index contributed by atoms with van der Waals surface area (Å²) in [6.45, 7) is 4.39. The van der Waals surface area contributed by atoms with Gasteiger partial charge in [-0.25, -0.2) is 4.39 Å². The quantitative estimate of drug-likeness (QED) is 0.689. The van der Waals surface area contributed by atoms with Crippen LogP contribution in [0.4, 0.5) is 21.5 Å². The molecule has 0 radical (unpaired) electrons. The lowest BCUT2D eigenvalue weighted by molar-refractivity contribution is -0.110. The van der Waals surface area contributed by atoms with Gasteiger partial charge in [-0.1, -0.05) is 13.0 Å². The summed E-state index contributed by atoms with van der Waals surface area (Å²) < 4.78 is 14.1. The molecule has 2 aromatic rings. The summed E-state index contributed by atoms with van der Waals surface area (Å²) in [5.74, 6) is 0.150. The van der Waals surface area contributed by atoms with E-state index < -0.39 is 5.82 Å². The Morgan fingerprint density at radius 3 is 2.70 bits per heavy atom. The number of amides is 1. The Morgan fingerprint density at radius 2 is 2.00 bits per heavy atom. The Labute approximate surface area is 159 Å². The second-order valence-corrected chi connectivity index (χ2v) is 7.26. The molecule has 0 bridgehead atoms. The molecule has 27 heavy (non-hydrogen) atoms. The Hall–Kier alpha value is -2.82. The zero-order chi connectivity index (χ0) is 18.8. The lowest BCUT2D eigenvalue weighted by atomic mass is 10.1. The molecule has 1 amide bonds. The van der Waals surface area contributed by atoms with Crippen molar-refractivity contribution in [1.29, 1.82) is 0 Å². The third-order valence-electron chi connectivity index (χ3n) is 5.06.